The highest BCUT2D eigenvalue weighted by atomic mass is 16.5. The zero-order chi connectivity index (χ0) is 14.5. The number of nitrogens with zero attached hydrogens (tertiary/aromatic N) is 1. The Labute approximate surface area is 126 Å². The average molecular weight is 277 g/mol. The highest BCUT2D eigenvalue weighted by molar-refractivity contribution is 5.64. The van der Waals surface area contributed by atoms with E-state index >= 15 is 0 Å². The van der Waals surface area contributed by atoms with Crippen molar-refractivity contribution in [2.75, 3.05) is 0 Å². The van der Waals surface area contributed by atoms with E-state index in [1.54, 1.807) is 0 Å². The lowest BCUT2D eigenvalue weighted by molar-refractivity contribution is 0.155. The smallest absolute Gasteiger partial charge is 0.119 e. The Balaban J connectivity index is 1.69. The second-order valence-electron chi connectivity index (χ2n) is 5.59. The van der Waals surface area contributed by atoms with E-state index in [0.29, 0.717) is 11.7 Å². The molecular weight excluding hydrogens is 258 g/mol. The van der Waals surface area contributed by atoms with Crippen LogP contribution < -0.4 is 4.74 Å². The van der Waals surface area contributed by atoms with Crippen LogP contribution in [0.15, 0.2) is 48.5 Å². The maximum Gasteiger partial charge on any atom is 0.119 e. The van der Waals surface area contributed by atoms with E-state index in [4.69, 9.17) is 10.00 Å². The average Bonchev–Trinajstić information content (AvgIpc) is 2.57. The predicted molar refractivity (Wildman–Crippen MR) is 84.1 cm³/mol. The molecule has 0 saturated heterocycles. The number of benzene rings is 2. The molecule has 2 aromatic carbocycles. The molecule has 1 fully saturated rings. The molecule has 0 aromatic heterocycles. The van der Waals surface area contributed by atoms with Gasteiger partial charge in [-0.15, -0.1) is 0 Å². The summed E-state index contributed by atoms with van der Waals surface area (Å²) in [4.78, 5) is 0. The summed E-state index contributed by atoms with van der Waals surface area (Å²) in [5.74, 6) is 0.958. The molecule has 106 valence electrons. The van der Waals surface area contributed by atoms with Crippen LogP contribution in [0.4, 0.5) is 0 Å². The number of ether oxygens (including phenoxy) is 1. The molecule has 21 heavy (non-hydrogen) atoms. The summed E-state index contributed by atoms with van der Waals surface area (Å²) in [7, 11) is 0. The van der Waals surface area contributed by atoms with Gasteiger partial charge in [0.05, 0.1) is 17.7 Å². The predicted octanol–water partition coefficient (Wildman–Crippen LogP) is 4.94. The molecule has 0 radical (unpaired) electrons. The van der Waals surface area contributed by atoms with Crippen LogP contribution in [0.1, 0.15) is 37.7 Å². The van der Waals surface area contributed by atoms with Crippen molar-refractivity contribution in [1.82, 2.24) is 0 Å². The third-order valence-electron chi connectivity index (χ3n) is 4.06. The standard InChI is InChI=1S/C19H19NO/c20-14-15-6-8-16(9-7-15)17-10-12-19(13-11-17)21-18-4-2-1-3-5-18/h6-13,18H,1-5H2. The first kappa shape index (κ1) is 13.7. The molecule has 2 heteroatoms. The van der Waals surface area contributed by atoms with E-state index in [9.17, 15) is 0 Å². The van der Waals surface area contributed by atoms with E-state index in [0.717, 1.165) is 16.9 Å². The van der Waals surface area contributed by atoms with Gasteiger partial charge in [-0.2, -0.15) is 5.26 Å². The fourth-order valence-electron chi connectivity index (χ4n) is 2.84. The lowest BCUT2D eigenvalue weighted by Gasteiger charge is -2.23. The molecule has 0 aliphatic heterocycles. The van der Waals surface area contributed by atoms with Crippen molar-refractivity contribution in [3.05, 3.63) is 54.1 Å². The third-order valence-corrected chi connectivity index (χ3v) is 4.06. The first-order chi connectivity index (χ1) is 10.3. The van der Waals surface area contributed by atoms with Gasteiger partial charge in [0.1, 0.15) is 5.75 Å². The molecule has 1 saturated carbocycles. The zero-order valence-electron chi connectivity index (χ0n) is 12.1. The molecule has 0 heterocycles. The number of rotatable bonds is 3. The lowest BCUT2D eigenvalue weighted by atomic mass is 9.98. The zero-order valence-corrected chi connectivity index (χ0v) is 12.1. The Hall–Kier alpha value is -2.27. The van der Waals surface area contributed by atoms with Crippen LogP contribution in [0, 0.1) is 11.3 Å². The lowest BCUT2D eigenvalue weighted by Crippen LogP contribution is -2.19. The van der Waals surface area contributed by atoms with Crippen LogP contribution in [-0.2, 0) is 0 Å². The van der Waals surface area contributed by atoms with Crippen molar-refractivity contribution in [3.8, 4) is 22.9 Å². The Morgan fingerprint density at radius 1 is 0.810 bits per heavy atom. The first-order valence-electron chi connectivity index (χ1n) is 7.62. The van der Waals surface area contributed by atoms with Crippen LogP contribution in [-0.4, -0.2) is 6.10 Å². The van der Waals surface area contributed by atoms with Gasteiger partial charge in [-0.05, 0) is 61.1 Å². The van der Waals surface area contributed by atoms with Crippen LogP contribution >= 0.6 is 0 Å². The molecule has 0 bridgehead atoms. The summed E-state index contributed by atoms with van der Waals surface area (Å²) in [6.07, 6.45) is 6.66. The minimum Gasteiger partial charge on any atom is -0.490 e. The van der Waals surface area contributed by atoms with E-state index < -0.39 is 0 Å². The van der Waals surface area contributed by atoms with Crippen LogP contribution in [0.3, 0.4) is 0 Å². The van der Waals surface area contributed by atoms with Gasteiger partial charge in [0.2, 0.25) is 0 Å². The first-order valence-corrected chi connectivity index (χ1v) is 7.62. The third kappa shape index (κ3) is 3.44. The van der Waals surface area contributed by atoms with Crippen molar-refractivity contribution in [2.24, 2.45) is 0 Å². The van der Waals surface area contributed by atoms with Crippen molar-refractivity contribution in [1.29, 1.82) is 5.26 Å². The fourth-order valence-corrected chi connectivity index (χ4v) is 2.84. The van der Waals surface area contributed by atoms with Gasteiger partial charge in [0.15, 0.2) is 0 Å². The topological polar surface area (TPSA) is 33.0 Å². The van der Waals surface area contributed by atoms with Crippen molar-refractivity contribution >= 4 is 0 Å². The van der Waals surface area contributed by atoms with Gasteiger partial charge in [0.25, 0.3) is 0 Å². The second-order valence-corrected chi connectivity index (χ2v) is 5.59. The highest BCUT2D eigenvalue weighted by Crippen LogP contribution is 2.26. The normalized spacial score (nSPS) is 15.4. The number of hydrogen-bond donors (Lipinski definition) is 0. The van der Waals surface area contributed by atoms with Gasteiger partial charge in [-0.3, -0.25) is 0 Å². The Bertz CT molecular complexity index is 616. The molecule has 3 rings (SSSR count). The minimum absolute atomic E-state index is 0.388. The molecule has 0 amide bonds. The molecule has 0 unspecified atom stereocenters. The second kappa shape index (κ2) is 6.45. The largest absolute Gasteiger partial charge is 0.490 e. The molecule has 2 nitrogen and oxygen atoms in total. The van der Waals surface area contributed by atoms with E-state index in [-0.39, 0.29) is 0 Å². The molecule has 1 aliphatic rings. The minimum atomic E-state index is 0.388. The molecule has 1 aliphatic carbocycles. The van der Waals surface area contributed by atoms with Crippen molar-refractivity contribution < 1.29 is 4.74 Å². The van der Waals surface area contributed by atoms with Gasteiger partial charge in [-0.1, -0.05) is 30.7 Å². The summed E-state index contributed by atoms with van der Waals surface area (Å²) in [5.41, 5.74) is 2.96. The number of hydrogen-bond acceptors (Lipinski definition) is 2. The maximum atomic E-state index is 8.82. The summed E-state index contributed by atoms with van der Waals surface area (Å²) in [5, 5.41) is 8.82. The molecule has 0 atom stereocenters. The quantitative estimate of drug-likeness (QED) is 0.796. The summed E-state index contributed by atoms with van der Waals surface area (Å²) >= 11 is 0. The molecular formula is C19H19NO. The molecule has 2 aromatic rings. The van der Waals surface area contributed by atoms with E-state index in [2.05, 4.69) is 18.2 Å². The summed E-state index contributed by atoms with van der Waals surface area (Å²) in [6.45, 7) is 0. The Morgan fingerprint density at radius 3 is 1.95 bits per heavy atom. The Morgan fingerprint density at radius 2 is 1.38 bits per heavy atom. The van der Waals surface area contributed by atoms with Crippen LogP contribution in [0.2, 0.25) is 0 Å². The molecule has 0 N–H and O–H groups in total. The van der Waals surface area contributed by atoms with Gasteiger partial charge < -0.3 is 4.74 Å². The number of nitriles is 1. The monoisotopic (exact) mass is 277 g/mol. The SMILES string of the molecule is N#Cc1ccc(-c2ccc(OC3CCCCC3)cc2)cc1. The fraction of sp³-hybridized carbons (Fsp3) is 0.316. The highest BCUT2D eigenvalue weighted by Gasteiger charge is 2.14. The molecule has 0 spiro atoms. The maximum absolute atomic E-state index is 8.82. The summed E-state index contributed by atoms with van der Waals surface area (Å²) in [6, 6.07) is 18.1. The van der Waals surface area contributed by atoms with Gasteiger partial charge in [0, 0.05) is 0 Å². The van der Waals surface area contributed by atoms with E-state index in [1.165, 1.54) is 32.1 Å². The van der Waals surface area contributed by atoms with Crippen LogP contribution in [0.5, 0.6) is 5.75 Å². The van der Waals surface area contributed by atoms with Crippen molar-refractivity contribution in [3.63, 3.8) is 0 Å². The van der Waals surface area contributed by atoms with Crippen molar-refractivity contribution in [2.45, 2.75) is 38.2 Å². The van der Waals surface area contributed by atoms with Crippen LogP contribution in [0.25, 0.3) is 11.1 Å². The summed E-state index contributed by atoms with van der Waals surface area (Å²) < 4.78 is 6.04. The van der Waals surface area contributed by atoms with E-state index in [1.807, 2.05) is 36.4 Å². The van der Waals surface area contributed by atoms with Gasteiger partial charge in [-0.25, -0.2) is 0 Å². The Kier molecular flexibility index (Phi) is 4.21. The van der Waals surface area contributed by atoms with Gasteiger partial charge >= 0.3 is 0 Å².